The van der Waals surface area contributed by atoms with Gasteiger partial charge in [0.2, 0.25) is 5.91 Å². The average molecular weight is 281 g/mol. The SMILES string of the molecule is O=C(Cc1ccccc1)N1CCOCC1c1ccccc1. The van der Waals surface area contributed by atoms with Gasteiger partial charge in [0.25, 0.3) is 0 Å². The predicted molar refractivity (Wildman–Crippen MR) is 81.9 cm³/mol. The summed E-state index contributed by atoms with van der Waals surface area (Å²) in [5.74, 6) is 0.165. The van der Waals surface area contributed by atoms with Gasteiger partial charge < -0.3 is 9.64 Å². The van der Waals surface area contributed by atoms with Gasteiger partial charge in [-0.1, -0.05) is 60.7 Å². The minimum Gasteiger partial charge on any atom is -0.377 e. The van der Waals surface area contributed by atoms with Gasteiger partial charge in [0.15, 0.2) is 0 Å². The van der Waals surface area contributed by atoms with Gasteiger partial charge in [-0.3, -0.25) is 4.79 Å². The number of carbonyl (C=O) groups is 1. The molecule has 1 heterocycles. The number of hydrogen-bond acceptors (Lipinski definition) is 2. The van der Waals surface area contributed by atoms with E-state index in [9.17, 15) is 4.79 Å². The molecule has 1 aliphatic rings. The Labute approximate surface area is 125 Å². The monoisotopic (exact) mass is 281 g/mol. The van der Waals surface area contributed by atoms with Crippen molar-refractivity contribution in [2.45, 2.75) is 12.5 Å². The topological polar surface area (TPSA) is 29.5 Å². The molecule has 0 bridgehead atoms. The third-order valence-corrected chi connectivity index (χ3v) is 3.83. The summed E-state index contributed by atoms with van der Waals surface area (Å²) >= 11 is 0. The molecule has 1 fully saturated rings. The fourth-order valence-corrected chi connectivity index (χ4v) is 2.73. The van der Waals surface area contributed by atoms with Crippen LogP contribution in [0.25, 0.3) is 0 Å². The Morgan fingerprint density at radius 3 is 2.43 bits per heavy atom. The minimum absolute atomic E-state index is 0.0242. The van der Waals surface area contributed by atoms with Crippen molar-refractivity contribution < 1.29 is 9.53 Å². The molecule has 0 radical (unpaired) electrons. The molecule has 0 spiro atoms. The van der Waals surface area contributed by atoms with Crippen molar-refractivity contribution in [1.82, 2.24) is 4.90 Å². The molecule has 0 aliphatic carbocycles. The Morgan fingerprint density at radius 2 is 1.71 bits per heavy atom. The maximum Gasteiger partial charge on any atom is 0.227 e. The number of carbonyl (C=O) groups excluding carboxylic acids is 1. The van der Waals surface area contributed by atoms with Crippen LogP contribution in [0.2, 0.25) is 0 Å². The number of hydrogen-bond donors (Lipinski definition) is 0. The lowest BCUT2D eigenvalue weighted by Gasteiger charge is -2.36. The molecule has 21 heavy (non-hydrogen) atoms. The molecule has 0 N–H and O–H groups in total. The number of morpholine rings is 1. The first-order valence-corrected chi connectivity index (χ1v) is 7.30. The normalized spacial score (nSPS) is 18.5. The number of amides is 1. The largest absolute Gasteiger partial charge is 0.377 e. The van der Waals surface area contributed by atoms with E-state index in [1.165, 1.54) is 0 Å². The molecule has 0 aromatic heterocycles. The van der Waals surface area contributed by atoms with Crippen LogP contribution in [0, 0.1) is 0 Å². The summed E-state index contributed by atoms with van der Waals surface area (Å²) < 4.78 is 5.57. The van der Waals surface area contributed by atoms with Crippen LogP contribution < -0.4 is 0 Å². The van der Waals surface area contributed by atoms with Crippen molar-refractivity contribution in [2.75, 3.05) is 19.8 Å². The van der Waals surface area contributed by atoms with E-state index >= 15 is 0 Å². The van der Waals surface area contributed by atoms with Gasteiger partial charge in [0.1, 0.15) is 0 Å². The Bertz CT molecular complexity index is 583. The second-order valence-electron chi connectivity index (χ2n) is 5.25. The molecule has 3 heteroatoms. The highest BCUT2D eigenvalue weighted by molar-refractivity contribution is 5.79. The van der Waals surface area contributed by atoms with Crippen LogP contribution in [-0.4, -0.2) is 30.6 Å². The highest BCUT2D eigenvalue weighted by atomic mass is 16.5. The van der Waals surface area contributed by atoms with Gasteiger partial charge in [0.05, 0.1) is 25.7 Å². The number of nitrogens with zero attached hydrogens (tertiary/aromatic N) is 1. The summed E-state index contributed by atoms with van der Waals surface area (Å²) in [6, 6.07) is 20.0. The van der Waals surface area contributed by atoms with Crippen LogP contribution in [0.4, 0.5) is 0 Å². The van der Waals surface area contributed by atoms with E-state index in [4.69, 9.17) is 4.74 Å². The summed E-state index contributed by atoms with van der Waals surface area (Å²) in [7, 11) is 0. The maximum atomic E-state index is 12.6. The highest BCUT2D eigenvalue weighted by Gasteiger charge is 2.28. The molecule has 3 rings (SSSR count). The van der Waals surface area contributed by atoms with Crippen molar-refractivity contribution >= 4 is 5.91 Å². The highest BCUT2D eigenvalue weighted by Crippen LogP contribution is 2.24. The lowest BCUT2D eigenvalue weighted by atomic mass is 10.0. The predicted octanol–water partition coefficient (Wildman–Crippen LogP) is 2.83. The van der Waals surface area contributed by atoms with Crippen molar-refractivity contribution in [1.29, 1.82) is 0 Å². The van der Waals surface area contributed by atoms with E-state index in [-0.39, 0.29) is 11.9 Å². The van der Waals surface area contributed by atoms with Crippen LogP contribution in [0.5, 0.6) is 0 Å². The van der Waals surface area contributed by atoms with Crippen LogP contribution in [0.3, 0.4) is 0 Å². The Morgan fingerprint density at radius 1 is 1.05 bits per heavy atom. The van der Waals surface area contributed by atoms with E-state index in [2.05, 4.69) is 12.1 Å². The van der Waals surface area contributed by atoms with Crippen molar-refractivity contribution in [3.05, 3.63) is 71.8 Å². The van der Waals surface area contributed by atoms with Gasteiger partial charge in [-0.25, -0.2) is 0 Å². The van der Waals surface area contributed by atoms with Crippen molar-refractivity contribution in [2.24, 2.45) is 0 Å². The fraction of sp³-hybridized carbons (Fsp3) is 0.278. The third kappa shape index (κ3) is 3.31. The zero-order valence-electron chi connectivity index (χ0n) is 11.9. The molecular weight excluding hydrogens is 262 g/mol. The first-order valence-electron chi connectivity index (χ1n) is 7.30. The summed E-state index contributed by atoms with van der Waals surface area (Å²) in [6.45, 7) is 1.85. The quantitative estimate of drug-likeness (QED) is 0.866. The second kappa shape index (κ2) is 6.55. The first-order chi connectivity index (χ1) is 10.3. The standard InChI is InChI=1S/C18H19NO2/c20-18(13-15-7-3-1-4-8-15)19-11-12-21-14-17(19)16-9-5-2-6-10-16/h1-10,17H,11-14H2. The first kappa shape index (κ1) is 13.8. The molecule has 1 saturated heterocycles. The molecule has 1 amide bonds. The van der Waals surface area contributed by atoms with Gasteiger partial charge in [-0.2, -0.15) is 0 Å². The van der Waals surface area contributed by atoms with Crippen LogP contribution in [-0.2, 0) is 16.0 Å². The minimum atomic E-state index is 0.0242. The molecule has 1 unspecified atom stereocenters. The summed E-state index contributed by atoms with van der Waals surface area (Å²) in [4.78, 5) is 14.6. The number of rotatable bonds is 3. The summed E-state index contributed by atoms with van der Waals surface area (Å²) in [5.41, 5.74) is 2.19. The third-order valence-electron chi connectivity index (χ3n) is 3.83. The van der Waals surface area contributed by atoms with E-state index < -0.39 is 0 Å². The van der Waals surface area contributed by atoms with Gasteiger partial charge in [-0.15, -0.1) is 0 Å². The van der Waals surface area contributed by atoms with Crippen LogP contribution in [0.15, 0.2) is 60.7 Å². The maximum absolute atomic E-state index is 12.6. The number of ether oxygens (including phenoxy) is 1. The molecule has 1 aliphatic heterocycles. The Hall–Kier alpha value is -2.13. The molecule has 2 aromatic carbocycles. The lowest BCUT2D eigenvalue weighted by Crippen LogP contribution is -2.44. The Balaban J connectivity index is 1.76. The molecule has 1 atom stereocenters. The van der Waals surface area contributed by atoms with E-state index in [0.29, 0.717) is 26.2 Å². The Kier molecular flexibility index (Phi) is 4.31. The lowest BCUT2D eigenvalue weighted by molar-refractivity contribution is -0.139. The van der Waals surface area contributed by atoms with E-state index in [0.717, 1.165) is 11.1 Å². The van der Waals surface area contributed by atoms with E-state index in [1.807, 2.05) is 53.4 Å². The van der Waals surface area contributed by atoms with Gasteiger partial charge in [-0.05, 0) is 11.1 Å². The van der Waals surface area contributed by atoms with Crippen molar-refractivity contribution in [3.63, 3.8) is 0 Å². The number of benzene rings is 2. The average Bonchev–Trinajstić information content (AvgIpc) is 2.56. The van der Waals surface area contributed by atoms with Gasteiger partial charge in [0, 0.05) is 6.54 Å². The zero-order valence-corrected chi connectivity index (χ0v) is 11.9. The van der Waals surface area contributed by atoms with Crippen LogP contribution in [0.1, 0.15) is 17.2 Å². The zero-order chi connectivity index (χ0) is 14.5. The van der Waals surface area contributed by atoms with Crippen molar-refractivity contribution in [3.8, 4) is 0 Å². The second-order valence-corrected chi connectivity index (χ2v) is 5.25. The van der Waals surface area contributed by atoms with Gasteiger partial charge >= 0.3 is 0 Å². The van der Waals surface area contributed by atoms with Crippen LogP contribution >= 0.6 is 0 Å². The summed E-state index contributed by atoms with van der Waals surface area (Å²) in [5, 5.41) is 0. The molecule has 0 saturated carbocycles. The molecule has 3 nitrogen and oxygen atoms in total. The summed E-state index contributed by atoms with van der Waals surface area (Å²) in [6.07, 6.45) is 0.449. The smallest absolute Gasteiger partial charge is 0.227 e. The molecular formula is C18H19NO2. The van der Waals surface area contributed by atoms with E-state index in [1.54, 1.807) is 0 Å². The molecule has 2 aromatic rings. The fourth-order valence-electron chi connectivity index (χ4n) is 2.73. The molecule has 108 valence electrons.